The van der Waals surface area contributed by atoms with Gasteiger partial charge in [0, 0.05) is 18.9 Å². The van der Waals surface area contributed by atoms with Gasteiger partial charge < -0.3 is 28.4 Å². The molecule has 3 rings (SSSR count). The van der Waals surface area contributed by atoms with Crippen molar-refractivity contribution in [1.82, 2.24) is 0 Å². The van der Waals surface area contributed by atoms with Crippen molar-refractivity contribution in [2.24, 2.45) is 11.8 Å². The van der Waals surface area contributed by atoms with Crippen molar-refractivity contribution in [3.8, 4) is 17.2 Å². The van der Waals surface area contributed by atoms with E-state index in [1.807, 2.05) is 13.8 Å². The van der Waals surface area contributed by atoms with E-state index in [0.29, 0.717) is 48.7 Å². The van der Waals surface area contributed by atoms with Gasteiger partial charge in [-0.25, -0.2) is 9.59 Å². The number of rotatable bonds is 10. The van der Waals surface area contributed by atoms with Crippen LogP contribution in [0.4, 0.5) is 0 Å². The first-order valence-corrected chi connectivity index (χ1v) is 11.9. The number of benzene rings is 1. The molecule has 1 fully saturated rings. The Morgan fingerprint density at radius 2 is 1.78 bits per heavy atom. The largest absolute Gasteiger partial charge is 0.493 e. The van der Waals surface area contributed by atoms with Crippen LogP contribution in [0.3, 0.4) is 0 Å². The number of fused-ring (bicyclic) bond motifs is 1. The Kier molecular flexibility index (Phi) is 8.66. The minimum atomic E-state index is -0.738. The van der Waals surface area contributed by atoms with Gasteiger partial charge in [-0.05, 0) is 43.4 Å². The molecule has 0 aromatic heterocycles. The van der Waals surface area contributed by atoms with Gasteiger partial charge in [-0.15, -0.1) is 0 Å². The molecule has 0 unspecified atom stereocenters. The molecule has 0 radical (unpaired) electrons. The second-order valence-corrected chi connectivity index (χ2v) is 9.06. The Labute approximate surface area is 211 Å². The summed E-state index contributed by atoms with van der Waals surface area (Å²) in [4.78, 5) is 36.9. The number of methoxy groups -OCH3 is 3. The highest BCUT2D eigenvalue weighted by atomic mass is 16.6. The molecule has 1 aromatic carbocycles. The number of carbonyl (C=O) groups excluding carboxylic acids is 3. The predicted octanol–water partition coefficient (Wildman–Crippen LogP) is 4.04. The minimum Gasteiger partial charge on any atom is -0.493 e. The molecule has 1 aromatic rings. The summed E-state index contributed by atoms with van der Waals surface area (Å²) in [6.45, 7) is 9.62. The zero-order chi connectivity index (χ0) is 26.6. The van der Waals surface area contributed by atoms with Crippen LogP contribution in [0.1, 0.15) is 50.4 Å². The van der Waals surface area contributed by atoms with Crippen LogP contribution < -0.4 is 14.2 Å². The first-order valence-electron chi connectivity index (χ1n) is 11.9. The minimum absolute atomic E-state index is 0.00255. The predicted molar refractivity (Wildman–Crippen MR) is 130 cm³/mol. The van der Waals surface area contributed by atoms with E-state index in [2.05, 4.69) is 6.58 Å². The number of carbonyl (C=O) groups is 3. The first kappa shape index (κ1) is 27.1. The van der Waals surface area contributed by atoms with E-state index in [1.165, 1.54) is 40.4 Å². The molecule has 196 valence electrons. The van der Waals surface area contributed by atoms with Gasteiger partial charge >= 0.3 is 17.9 Å². The van der Waals surface area contributed by atoms with Crippen LogP contribution in [0.15, 0.2) is 35.4 Å². The zero-order valence-corrected chi connectivity index (χ0v) is 21.7. The topological polar surface area (TPSA) is 107 Å². The lowest BCUT2D eigenvalue weighted by Crippen LogP contribution is -2.40. The number of ether oxygens (including phenoxy) is 6. The molecular weight excluding hydrogens is 468 g/mol. The van der Waals surface area contributed by atoms with Crippen LogP contribution >= 0.6 is 0 Å². The van der Waals surface area contributed by atoms with Crippen molar-refractivity contribution in [2.45, 2.75) is 52.2 Å². The van der Waals surface area contributed by atoms with Gasteiger partial charge in [-0.1, -0.05) is 19.1 Å². The fourth-order valence-electron chi connectivity index (χ4n) is 5.03. The van der Waals surface area contributed by atoms with E-state index >= 15 is 0 Å². The van der Waals surface area contributed by atoms with Gasteiger partial charge in [-0.3, -0.25) is 4.79 Å². The van der Waals surface area contributed by atoms with E-state index in [0.717, 1.165) is 11.1 Å². The summed E-state index contributed by atoms with van der Waals surface area (Å²) in [6.07, 6.45) is 0.710. The highest BCUT2D eigenvalue weighted by Gasteiger charge is 2.50. The lowest BCUT2D eigenvalue weighted by Gasteiger charge is -2.37. The summed E-state index contributed by atoms with van der Waals surface area (Å²) in [5.74, 6) is -0.899. The Bertz CT molecular complexity index is 1050. The number of hydrogen-bond donors (Lipinski definition) is 0. The summed E-state index contributed by atoms with van der Waals surface area (Å²) in [6, 6.07) is 3.04. The standard InChI is InChI=1S/C27H34O9/c1-14(9-8-10-34-17(4)28)22-15(2)11-19-23(16(3)26(29)35-19)25(22)36-27(30)18-12-20(31-5)24(33-7)21(13-18)32-6/h12-14,19,23,25H,3,8-11H2,1-2,4-7H3/t14-,19+,23+,25+/m0/s1. The smallest absolute Gasteiger partial charge is 0.339 e. The second kappa shape index (κ2) is 11.5. The summed E-state index contributed by atoms with van der Waals surface area (Å²) in [5, 5.41) is 0. The summed E-state index contributed by atoms with van der Waals surface area (Å²) < 4.78 is 32.8. The fraction of sp³-hybridized carbons (Fsp3) is 0.519. The highest BCUT2D eigenvalue weighted by molar-refractivity contribution is 5.93. The monoisotopic (exact) mass is 502 g/mol. The average molecular weight is 503 g/mol. The lowest BCUT2D eigenvalue weighted by atomic mass is 9.73. The normalized spacial score (nSPS) is 21.9. The molecule has 0 N–H and O–H groups in total. The molecule has 36 heavy (non-hydrogen) atoms. The van der Waals surface area contributed by atoms with E-state index in [1.54, 1.807) is 0 Å². The van der Waals surface area contributed by atoms with Crippen molar-refractivity contribution in [1.29, 1.82) is 0 Å². The third-order valence-electron chi connectivity index (χ3n) is 6.71. The van der Waals surface area contributed by atoms with E-state index in [-0.39, 0.29) is 17.5 Å². The third-order valence-corrected chi connectivity index (χ3v) is 6.71. The Morgan fingerprint density at radius 3 is 2.33 bits per heavy atom. The molecule has 9 nitrogen and oxygen atoms in total. The molecule has 4 atom stereocenters. The van der Waals surface area contributed by atoms with Gasteiger partial charge in [0.2, 0.25) is 5.75 Å². The quantitative estimate of drug-likeness (QED) is 0.154. The van der Waals surface area contributed by atoms with Gasteiger partial charge in [0.15, 0.2) is 11.5 Å². The SMILES string of the molecule is C=C1C(=O)O[C@@H]2CC(C)=C([C@@H](C)CCCOC(C)=O)[C@@H](OC(=O)c3cc(OC)c(OC)c(OC)c3)[C@H]12. The van der Waals surface area contributed by atoms with Crippen LogP contribution in [0, 0.1) is 11.8 Å². The van der Waals surface area contributed by atoms with E-state index < -0.39 is 30.1 Å². The zero-order valence-electron chi connectivity index (χ0n) is 21.7. The molecule has 0 spiro atoms. The molecule has 1 aliphatic heterocycles. The van der Waals surface area contributed by atoms with Gasteiger partial charge in [0.1, 0.15) is 12.2 Å². The third kappa shape index (κ3) is 5.50. The maximum absolute atomic E-state index is 13.4. The van der Waals surface area contributed by atoms with Gasteiger partial charge in [-0.2, -0.15) is 0 Å². The highest BCUT2D eigenvalue weighted by Crippen LogP contribution is 2.46. The van der Waals surface area contributed by atoms with E-state index in [9.17, 15) is 14.4 Å². The maximum atomic E-state index is 13.4. The van der Waals surface area contributed by atoms with E-state index in [4.69, 9.17) is 28.4 Å². The first-order chi connectivity index (χ1) is 17.1. The molecular formula is C27H34O9. The number of hydrogen-bond acceptors (Lipinski definition) is 9. The second-order valence-electron chi connectivity index (χ2n) is 9.06. The van der Waals surface area contributed by atoms with Crippen LogP contribution in [0.5, 0.6) is 17.2 Å². The Hall–Kier alpha value is -3.49. The molecule has 0 bridgehead atoms. The molecule has 1 saturated heterocycles. The van der Waals surface area contributed by atoms with Gasteiger partial charge in [0.25, 0.3) is 0 Å². The Morgan fingerprint density at radius 1 is 1.14 bits per heavy atom. The van der Waals surface area contributed by atoms with Gasteiger partial charge in [0.05, 0.1) is 39.4 Å². The van der Waals surface area contributed by atoms with Crippen LogP contribution in [-0.4, -0.2) is 58.1 Å². The maximum Gasteiger partial charge on any atom is 0.339 e. The fourth-order valence-corrected chi connectivity index (χ4v) is 5.03. The van der Waals surface area contributed by atoms with Crippen molar-refractivity contribution >= 4 is 17.9 Å². The van der Waals surface area contributed by atoms with Crippen molar-refractivity contribution < 1.29 is 42.8 Å². The van der Waals surface area contributed by atoms with Crippen molar-refractivity contribution in [3.63, 3.8) is 0 Å². The van der Waals surface area contributed by atoms with Crippen molar-refractivity contribution in [3.05, 3.63) is 41.0 Å². The average Bonchev–Trinajstić information content (AvgIpc) is 3.12. The molecule has 1 heterocycles. The molecule has 2 aliphatic rings. The molecule has 9 heteroatoms. The molecule has 1 aliphatic carbocycles. The number of esters is 3. The van der Waals surface area contributed by atoms with Crippen LogP contribution in [0.2, 0.25) is 0 Å². The van der Waals surface area contributed by atoms with Crippen LogP contribution in [0.25, 0.3) is 0 Å². The summed E-state index contributed by atoms with van der Waals surface area (Å²) >= 11 is 0. The lowest BCUT2D eigenvalue weighted by molar-refractivity contribution is -0.141. The Balaban J connectivity index is 1.93. The summed E-state index contributed by atoms with van der Waals surface area (Å²) in [5.41, 5.74) is 2.43. The summed E-state index contributed by atoms with van der Waals surface area (Å²) in [7, 11) is 4.41. The molecule has 0 saturated carbocycles. The van der Waals surface area contributed by atoms with Crippen molar-refractivity contribution in [2.75, 3.05) is 27.9 Å². The van der Waals surface area contributed by atoms with Crippen LogP contribution in [-0.2, 0) is 23.8 Å². The molecule has 0 amide bonds.